The standard InChI is InChI=1S/C6H16O2Si/c1-2-3-4-7-5-6-8-9/h2-6H2,1,9H3/i9D. The minimum atomic E-state index is -0.955. The quantitative estimate of drug-likeness (QED) is 0.377. The summed E-state index contributed by atoms with van der Waals surface area (Å²) >= 11 is 0. The summed E-state index contributed by atoms with van der Waals surface area (Å²) in [6.45, 7) is 4.24. The number of hydrogen-bond acceptors (Lipinski definition) is 2. The zero-order valence-corrected chi connectivity index (χ0v) is 7.47. The number of rotatable bonds is 7. The topological polar surface area (TPSA) is 18.5 Å². The van der Waals surface area contributed by atoms with Crippen LogP contribution in [0, 0.1) is 0 Å². The summed E-state index contributed by atoms with van der Waals surface area (Å²) in [7, 11) is -0.955. The molecule has 0 radical (unpaired) electrons. The highest BCUT2D eigenvalue weighted by Gasteiger charge is 1.84. The molecule has 0 aliphatic rings. The van der Waals surface area contributed by atoms with E-state index in [9.17, 15) is 0 Å². The molecule has 0 bridgehead atoms. The second-order valence-electron chi connectivity index (χ2n) is 1.87. The maximum absolute atomic E-state index is 6.78. The molecule has 0 heterocycles. The van der Waals surface area contributed by atoms with E-state index in [0.29, 0.717) is 13.2 Å². The third-order valence-corrected chi connectivity index (χ3v) is 1.30. The van der Waals surface area contributed by atoms with Crippen LogP contribution in [0.15, 0.2) is 0 Å². The molecule has 0 aromatic heterocycles. The lowest BCUT2D eigenvalue weighted by Crippen LogP contribution is -2.02. The summed E-state index contributed by atoms with van der Waals surface area (Å²) < 4.78 is 16.9. The van der Waals surface area contributed by atoms with Gasteiger partial charge < -0.3 is 9.16 Å². The van der Waals surface area contributed by atoms with Gasteiger partial charge in [0.1, 0.15) is 10.4 Å². The van der Waals surface area contributed by atoms with Crippen molar-refractivity contribution in [2.24, 2.45) is 0 Å². The summed E-state index contributed by atoms with van der Waals surface area (Å²) in [6.07, 6.45) is 2.30. The van der Waals surface area contributed by atoms with Gasteiger partial charge in [0, 0.05) is 7.84 Å². The molecule has 0 saturated carbocycles. The molecule has 0 aliphatic carbocycles. The van der Waals surface area contributed by atoms with Gasteiger partial charge >= 0.3 is 0 Å². The fourth-order valence-corrected chi connectivity index (χ4v) is 0.584. The van der Waals surface area contributed by atoms with Crippen molar-refractivity contribution in [1.29, 1.82) is 1.23 Å². The summed E-state index contributed by atoms with van der Waals surface area (Å²) in [6, 6.07) is 0. The maximum Gasteiger partial charge on any atom is 0.146 e. The predicted molar refractivity (Wildman–Crippen MR) is 41.6 cm³/mol. The SMILES string of the molecule is [2H][SiH2]OCCOCCCC. The van der Waals surface area contributed by atoms with Gasteiger partial charge in [0.2, 0.25) is 0 Å². The third kappa shape index (κ3) is 8.14. The van der Waals surface area contributed by atoms with Crippen LogP contribution in [0.1, 0.15) is 19.8 Å². The van der Waals surface area contributed by atoms with Crippen molar-refractivity contribution in [3.8, 4) is 0 Å². The average molecular weight is 149 g/mol. The molecule has 0 unspecified atom stereocenters. The molecule has 9 heavy (non-hydrogen) atoms. The molecule has 3 heteroatoms. The third-order valence-electron chi connectivity index (χ3n) is 1.01. The van der Waals surface area contributed by atoms with Crippen molar-refractivity contribution in [3.63, 3.8) is 0 Å². The molecular weight excluding hydrogens is 132 g/mol. The van der Waals surface area contributed by atoms with Crippen LogP contribution in [-0.2, 0) is 9.16 Å². The largest absolute Gasteiger partial charge is 0.426 e. The van der Waals surface area contributed by atoms with Gasteiger partial charge in [-0.15, -0.1) is 0 Å². The first kappa shape index (κ1) is 7.25. The van der Waals surface area contributed by atoms with E-state index in [4.69, 9.17) is 10.4 Å². The molecule has 0 atom stereocenters. The van der Waals surface area contributed by atoms with E-state index < -0.39 is 10.4 Å². The average Bonchev–Trinajstić information content (AvgIpc) is 1.97. The highest BCUT2D eigenvalue weighted by Crippen LogP contribution is 1.86. The number of hydrogen-bond donors (Lipinski definition) is 0. The van der Waals surface area contributed by atoms with Gasteiger partial charge in [-0.3, -0.25) is 0 Å². The normalized spacial score (nSPS) is 12.8. The van der Waals surface area contributed by atoms with Crippen LogP contribution in [0.4, 0.5) is 0 Å². The molecule has 56 valence electrons. The zero-order chi connectivity index (χ0) is 7.66. The minimum absolute atomic E-state index is 0.611. The van der Waals surface area contributed by atoms with E-state index in [2.05, 4.69) is 6.92 Å². The Kier molecular flexibility index (Phi) is 6.55. The highest BCUT2D eigenvalue weighted by atomic mass is 28.2. The summed E-state index contributed by atoms with van der Waals surface area (Å²) in [4.78, 5) is 0. The van der Waals surface area contributed by atoms with Gasteiger partial charge in [0.15, 0.2) is 0 Å². The lowest BCUT2D eigenvalue weighted by Gasteiger charge is -2.00. The van der Waals surface area contributed by atoms with Gasteiger partial charge in [-0.25, -0.2) is 0 Å². The molecule has 0 spiro atoms. The highest BCUT2D eigenvalue weighted by molar-refractivity contribution is 5.97. The van der Waals surface area contributed by atoms with Crippen LogP contribution in [0.25, 0.3) is 0 Å². The molecule has 2 nitrogen and oxygen atoms in total. The molecule has 0 aromatic rings. The molecule has 0 N–H and O–H groups in total. The molecule has 0 fully saturated rings. The van der Waals surface area contributed by atoms with Crippen molar-refractivity contribution in [1.82, 2.24) is 0 Å². The van der Waals surface area contributed by atoms with Gasteiger partial charge in [-0.1, -0.05) is 13.3 Å². The minimum Gasteiger partial charge on any atom is -0.426 e. The van der Waals surface area contributed by atoms with E-state index in [1.54, 1.807) is 0 Å². The molecule has 0 aliphatic heterocycles. The van der Waals surface area contributed by atoms with Crippen molar-refractivity contribution in [3.05, 3.63) is 0 Å². The number of unbranched alkanes of at least 4 members (excludes halogenated alkanes) is 1. The zero-order valence-electron chi connectivity index (χ0n) is 7.06. The van der Waals surface area contributed by atoms with Gasteiger partial charge in [0.05, 0.1) is 13.2 Å². The Morgan fingerprint density at radius 3 is 3.00 bits per heavy atom. The fraction of sp³-hybridized carbons (Fsp3) is 1.00. The Morgan fingerprint density at radius 2 is 2.33 bits per heavy atom. The van der Waals surface area contributed by atoms with E-state index in [1.165, 1.54) is 6.42 Å². The van der Waals surface area contributed by atoms with Crippen LogP contribution >= 0.6 is 0 Å². The smallest absolute Gasteiger partial charge is 0.146 e. The maximum atomic E-state index is 6.78. The Hall–Kier alpha value is 0.137. The fourth-order valence-electron chi connectivity index (χ4n) is 0.466. The van der Waals surface area contributed by atoms with Crippen molar-refractivity contribution in [2.75, 3.05) is 19.8 Å². The second kappa shape index (κ2) is 8.14. The van der Waals surface area contributed by atoms with E-state index in [1.807, 2.05) is 0 Å². The van der Waals surface area contributed by atoms with Gasteiger partial charge in [-0.2, -0.15) is 0 Å². The summed E-state index contributed by atoms with van der Waals surface area (Å²) in [5.74, 6) is 0. The van der Waals surface area contributed by atoms with Gasteiger partial charge in [-0.05, 0) is 6.42 Å². The summed E-state index contributed by atoms with van der Waals surface area (Å²) in [5, 5.41) is 0. The first-order valence-electron chi connectivity index (χ1n) is 4.07. The molecular formula is C6H16O2Si. The van der Waals surface area contributed by atoms with E-state index in [-0.39, 0.29) is 0 Å². The molecule has 0 amide bonds. The van der Waals surface area contributed by atoms with Crippen molar-refractivity contribution < 1.29 is 9.16 Å². The molecule has 0 rings (SSSR count). The van der Waals surface area contributed by atoms with E-state index in [0.717, 1.165) is 13.0 Å². The van der Waals surface area contributed by atoms with Crippen LogP contribution in [-0.4, -0.2) is 31.5 Å². The van der Waals surface area contributed by atoms with Crippen molar-refractivity contribution in [2.45, 2.75) is 19.8 Å². The first-order chi connectivity index (χ1) is 4.91. The van der Waals surface area contributed by atoms with Gasteiger partial charge in [0.25, 0.3) is 0 Å². The Morgan fingerprint density at radius 1 is 1.44 bits per heavy atom. The monoisotopic (exact) mass is 149 g/mol. The van der Waals surface area contributed by atoms with E-state index >= 15 is 0 Å². The lowest BCUT2D eigenvalue weighted by atomic mass is 10.4. The predicted octanol–water partition coefficient (Wildman–Crippen LogP) is 0.100. The van der Waals surface area contributed by atoms with Crippen LogP contribution in [0.3, 0.4) is 0 Å². The second-order valence-corrected chi connectivity index (χ2v) is 2.28. The Bertz CT molecular complexity index is 55.7. The van der Waals surface area contributed by atoms with Crippen LogP contribution in [0.5, 0.6) is 0 Å². The lowest BCUT2D eigenvalue weighted by molar-refractivity contribution is 0.101. The number of ether oxygens (including phenoxy) is 1. The van der Waals surface area contributed by atoms with Crippen LogP contribution < -0.4 is 0 Å². The van der Waals surface area contributed by atoms with Crippen molar-refractivity contribution >= 4 is 10.4 Å². The summed E-state index contributed by atoms with van der Waals surface area (Å²) in [5.41, 5.74) is 0. The molecule has 0 aromatic carbocycles. The Balaban J connectivity index is 2.65. The molecule has 0 saturated heterocycles. The first-order valence-corrected chi connectivity index (χ1v) is 3.94. The Labute approximate surface area is 61.3 Å². The van der Waals surface area contributed by atoms with Crippen LogP contribution in [0.2, 0.25) is 0 Å².